The van der Waals surface area contributed by atoms with Crippen molar-refractivity contribution in [1.29, 1.82) is 0 Å². The summed E-state index contributed by atoms with van der Waals surface area (Å²) in [5, 5.41) is 1.15. The number of ether oxygens (including phenoxy) is 1. The summed E-state index contributed by atoms with van der Waals surface area (Å²) in [5.74, 6) is -0.313. The van der Waals surface area contributed by atoms with E-state index in [0.29, 0.717) is 26.9 Å². The first-order chi connectivity index (χ1) is 10.6. The van der Waals surface area contributed by atoms with E-state index in [1.165, 1.54) is 6.42 Å². The fourth-order valence-electron chi connectivity index (χ4n) is 2.77. The molecule has 1 heterocycles. The number of hydrogen-bond acceptors (Lipinski definition) is 2. The van der Waals surface area contributed by atoms with Gasteiger partial charge in [-0.1, -0.05) is 6.42 Å². The Hall–Kier alpha value is -1.37. The molecule has 1 aliphatic carbocycles. The van der Waals surface area contributed by atoms with Crippen molar-refractivity contribution in [2.24, 2.45) is 5.92 Å². The molecule has 0 N–H and O–H groups in total. The summed E-state index contributed by atoms with van der Waals surface area (Å²) in [4.78, 5) is 0. The molecule has 0 saturated heterocycles. The van der Waals surface area contributed by atoms with Gasteiger partial charge >= 0.3 is 0 Å². The summed E-state index contributed by atoms with van der Waals surface area (Å²) < 4.78 is 40.2. The summed E-state index contributed by atoms with van der Waals surface area (Å²) in [7, 11) is 0. The van der Waals surface area contributed by atoms with Crippen molar-refractivity contribution in [2.45, 2.75) is 19.3 Å². The van der Waals surface area contributed by atoms with Crippen LogP contribution in [0.4, 0.5) is 8.78 Å². The summed E-state index contributed by atoms with van der Waals surface area (Å²) >= 11 is 1.89. The Morgan fingerprint density at radius 2 is 1.73 bits per heavy atom. The quantitative estimate of drug-likeness (QED) is 0.517. The third kappa shape index (κ3) is 2.17. The van der Waals surface area contributed by atoms with Gasteiger partial charge in [0.15, 0.2) is 22.7 Å². The van der Waals surface area contributed by atoms with Crippen molar-refractivity contribution in [3.8, 4) is 5.75 Å². The average Bonchev–Trinajstić information content (AvgIpc) is 2.84. The number of benzene rings is 2. The minimum absolute atomic E-state index is 0.0574. The molecular formula is C17H13F2IO2. The molecule has 2 nitrogen and oxygen atoms in total. The van der Waals surface area contributed by atoms with Crippen molar-refractivity contribution in [1.82, 2.24) is 0 Å². The Labute approximate surface area is 139 Å². The third-order valence-corrected chi connectivity index (χ3v) is 5.14. The molecule has 1 aromatic heterocycles. The number of fused-ring (bicyclic) bond motifs is 3. The molecule has 22 heavy (non-hydrogen) atoms. The van der Waals surface area contributed by atoms with Crippen molar-refractivity contribution in [3.05, 3.63) is 39.5 Å². The predicted octanol–water partition coefficient (Wildman–Crippen LogP) is 5.65. The Morgan fingerprint density at radius 1 is 1.05 bits per heavy atom. The fourth-order valence-corrected chi connectivity index (χ4v) is 3.20. The average molecular weight is 414 g/mol. The first-order valence-corrected chi connectivity index (χ1v) is 8.34. The van der Waals surface area contributed by atoms with Gasteiger partial charge in [-0.2, -0.15) is 4.39 Å². The molecule has 2 aromatic carbocycles. The van der Waals surface area contributed by atoms with Crippen LogP contribution in [-0.4, -0.2) is 6.61 Å². The zero-order valence-corrected chi connectivity index (χ0v) is 13.8. The van der Waals surface area contributed by atoms with Gasteiger partial charge in [-0.15, -0.1) is 0 Å². The highest BCUT2D eigenvalue weighted by Crippen LogP contribution is 2.37. The molecule has 1 fully saturated rings. The van der Waals surface area contributed by atoms with E-state index in [2.05, 4.69) is 0 Å². The molecule has 1 saturated carbocycles. The van der Waals surface area contributed by atoms with Gasteiger partial charge in [0, 0.05) is 10.8 Å². The standard InChI is InChI=1S/C17H13F2IO2/c18-14-12(20)6-4-10-11-5-7-13(21-8-9-2-1-3-9)15(19)17(11)22-16(10)14/h4-7,9H,1-3,8H2. The molecule has 0 aliphatic heterocycles. The van der Waals surface area contributed by atoms with Crippen LogP contribution in [0.15, 0.2) is 28.7 Å². The van der Waals surface area contributed by atoms with Gasteiger partial charge in [0.25, 0.3) is 0 Å². The van der Waals surface area contributed by atoms with E-state index in [1.807, 2.05) is 22.6 Å². The maximum atomic E-state index is 14.6. The van der Waals surface area contributed by atoms with Gasteiger partial charge in [-0.05, 0) is 65.6 Å². The topological polar surface area (TPSA) is 22.4 Å². The molecule has 5 heteroatoms. The minimum Gasteiger partial charge on any atom is -0.490 e. The largest absolute Gasteiger partial charge is 0.490 e. The van der Waals surface area contributed by atoms with Gasteiger partial charge in [0.05, 0.1) is 10.2 Å². The summed E-state index contributed by atoms with van der Waals surface area (Å²) in [5.41, 5.74) is 0.152. The van der Waals surface area contributed by atoms with Gasteiger partial charge in [0.2, 0.25) is 5.82 Å². The molecule has 0 radical (unpaired) electrons. The minimum atomic E-state index is -0.553. The lowest BCUT2D eigenvalue weighted by atomic mass is 9.86. The lowest BCUT2D eigenvalue weighted by Gasteiger charge is -2.25. The highest BCUT2D eigenvalue weighted by molar-refractivity contribution is 14.1. The molecule has 4 rings (SSSR count). The molecule has 0 amide bonds. The van der Waals surface area contributed by atoms with Crippen LogP contribution in [0.25, 0.3) is 21.9 Å². The van der Waals surface area contributed by atoms with Crippen LogP contribution in [0.2, 0.25) is 0 Å². The molecule has 0 spiro atoms. The van der Waals surface area contributed by atoms with Crippen LogP contribution < -0.4 is 4.74 Å². The lowest BCUT2D eigenvalue weighted by molar-refractivity contribution is 0.175. The van der Waals surface area contributed by atoms with Crippen LogP contribution in [0.5, 0.6) is 5.75 Å². The number of furan rings is 1. The normalized spacial score (nSPS) is 15.4. The predicted molar refractivity (Wildman–Crippen MR) is 89.2 cm³/mol. The SMILES string of the molecule is Fc1c(I)ccc2c1oc1c(F)c(OCC3CCC3)ccc12. The van der Waals surface area contributed by atoms with Crippen molar-refractivity contribution in [2.75, 3.05) is 6.61 Å². The Balaban J connectivity index is 1.80. The van der Waals surface area contributed by atoms with E-state index in [4.69, 9.17) is 9.15 Å². The summed E-state index contributed by atoms with van der Waals surface area (Å²) in [6.45, 7) is 0.523. The van der Waals surface area contributed by atoms with E-state index in [1.54, 1.807) is 24.3 Å². The molecule has 114 valence electrons. The third-order valence-electron chi connectivity index (χ3n) is 4.31. The van der Waals surface area contributed by atoms with Crippen molar-refractivity contribution >= 4 is 44.5 Å². The van der Waals surface area contributed by atoms with E-state index in [0.717, 1.165) is 12.8 Å². The molecule has 1 aliphatic rings. The van der Waals surface area contributed by atoms with E-state index in [-0.39, 0.29) is 16.9 Å². The zero-order chi connectivity index (χ0) is 15.3. The second kappa shape index (κ2) is 5.37. The highest BCUT2D eigenvalue weighted by atomic mass is 127. The first-order valence-electron chi connectivity index (χ1n) is 7.26. The van der Waals surface area contributed by atoms with E-state index >= 15 is 0 Å². The maximum Gasteiger partial charge on any atom is 0.208 e. The molecule has 0 atom stereocenters. The van der Waals surface area contributed by atoms with Gasteiger partial charge < -0.3 is 9.15 Å². The Morgan fingerprint density at radius 3 is 2.41 bits per heavy atom. The second-order valence-electron chi connectivity index (χ2n) is 5.70. The fraction of sp³-hybridized carbons (Fsp3) is 0.294. The van der Waals surface area contributed by atoms with E-state index in [9.17, 15) is 8.78 Å². The summed E-state index contributed by atoms with van der Waals surface area (Å²) in [6, 6.07) is 6.74. The van der Waals surface area contributed by atoms with Crippen LogP contribution >= 0.6 is 22.6 Å². The number of rotatable bonds is 3. The molecular weight excluding hydrogens is 401 g/mol. The van der Waals surface area contributed by atoms with Crippen LogP contribution in [-0.2, 0) is 0 Å². The lowest BCUT2D eigenvalue weighted by Crippen LogP contribution is -2.19. The maximum absolute atomic E-state index is 14.6. The molecule has 0 bridgehead atoms. The Bertz CT molecular complexity index is 868. The zero-order valence-electron chi connectivity index (χ0n) is 11.7. The van der Waals surface area contributed by atoms with Crippen molar-refractivity contribution in [3.63, 3.8) is 0 Å². The van der Waals surface area contributed by atoms with Crippen LogP contribution in [0.3, 0.4) is 0 Å². The van der Waals surface area contributed by atoms with Crippen LogP contribution in [0, 0.1) is 21.1 Å². The first kappa shape index (κ1) is 14.2. The molecule has 0 unspecified atom stereocenters. The van der Waals surface area contributed by atoms with Gasteiger partial charge in [-0.3, -0.25) is 0 Å². The number of hydrogen-bond donors (Lipinski definition) is 0. The van der Waals surface area contributed by atoms with Crippen LogP contribution in [0.1, 0.15) is 19.3 Å². The van der Waals surface area contributed by atoms with Gasteiger partial charge in [0.1, 0.15) is 0 Å². The number of halogens is 3. The second-order valence-corrected chi connectivity index (χ2v) is 6.86. The van der Waals surface area contributed by atoms with Gasteiger partial charge in [-0.25, -0.2) is 4.39 Å². The highest BCUT2D eigenvalue weighted by Gasteiger charge is 2.21. The summed E-state index contributed by atoms with van der Waals surface area (Å²) in [6.07, 6.45) is 3.49. The van der Waals surface area contributed by atoms with E-state index < -0.39 is 11.6 Å². The van der Waals surface area contributed by atoms with Crippen molar-refractivity contribution < 1.29 is 17.9 Å². The smallest absolute Gasteiger partial charge is 0.208 e. The monoisotopic (exact) mass is 414 g/mol. The Kier molecular flexibility index (Phi) is 3.47. The molecule has 3 aromatic rings.